The Morgan fingerprint density at radius 2 is 0.957 bits per heavy atom. The third-order valence-electron chi connectivity index (χ3n) is 6.61. The van der Waals surface area contributed by atoms with Crippen molar-refractivity contribution < 1.29 is 61.9 Å². The number of carbonyl (C=O) groups excluding carboxylic acids is 6. The number of hydrogen-bond donors (Lipinski definition) is 0. The van der Waals surface area contributed by atoms with Gasteiger partial charge in [-0.25, -0.2) is 14.4 Å². The van der Waals surface area contributed by atoms with Crippen LogP contribution in [0.5, 0.6) is 0 Å². The van der Waals surface area contributed by atoms with E-state index < -0.39 is 60.2 Å². The van der Waals surface area contributed by atoms with Crippen LogP contribution in [-0.2, 0) is 61.9 Å². The maximum absolute atomic E-state index is 12.7. The van der Waals surface area contributed by atoms with Crippen molar-refractivity contribution >= 4 is 35.8 Å². The molecule has 0 aromatic carbocycles. The molecule has 0 N–H and O–H groups in total. The Bertz CT molecular complexity index is 1110. The van der Waals surface area contributed by atoms with Gasteiger partial charge < -0.3 is 33.2 Å². The summed E-state index contributed by atoms with van der Waals surface area (Å²) >= 11 is 0. The molecule has 0 bridgehead atoms. The van der Waals surface area contributed by atoms with Crippen LogP contribution in [0.4, 0.5) is 0 Å². The van der Waals surface area contributed by atoms with E-state index in [2.05, 4.69) is 19.7 Å². The SMILES string of the molecule is C=C(C)C(=O)OCCCCC(=O)OC1OC[C@@H](OC(=O)CCCCOC(=O)C(=C)C)C(OC(=O)CCCCOC(=O)C(=C)C)[C@H]1C. The fraction of sp³-hybridized carbons (Fsp3) is 0.636. The number of carbonyl (C=O) groups is 6. The molecule has 0 amide bonds. The molecular weight excluding hydrogens is 604 g/mol. The van der Waals surface area contributed by atoms with Crippen LogP contribution in [0.3, 0.4) is 0 Å². The number of ether oxygens (including phenoxy) is 7. The third-order valence-corrected chi connectivity index (χ3v) is 6.61. The molecule has 258 valence electrons. The first kappa shape index (κ1) is 40.0. The van der Waals surface area contributed by atoms with Gasteiger partial charge in [-0.1, -0.05) is 26.7 Å². The molecule has 13 nitrogen and oxygen atoms in total. The van der Waals surface area contributed by atoms with Gasteiger partial charge >= 0.3 is 35.8 Å². The van der Waals surface area contributed by atoms with Crippen molar-refractivity contribution in [3.05, 3.63) is 36.5 Å². The van der Waals surface area contributed by atoms with E-state index >= 15 is 0 Å². The molecule has 1 heterocycles. The lowest BCUT2D eigenvalue weighted by atomic mass is 9.96. The average Bonchev–Trinajstić information content (AvgIpc) is 2.99. The van der Waals surface area contributed by atoms with Gasteiger partial charge in [-0.3, -0.25) is 14.4 Å². The van der Waals surface area contributed by atoms with Gasteiger partial charge in [0.1, 0.15) is 6.10 Å². The quantitative estimate of drug-likeness (QED) is 0.0749. The Kier molecular flexibility index (Phi) is 18.9. The molecule has 0 radical (unpaired) electrons. The molecule has 0 aliphatic carbocycles. The Morgan fingerprint density at radius 1 is 0.587 bits per heavy atom. The first-order valence-corrected chi connectivity index (χ1v) is 15.4. The van der Waals surface area contributed by atoms with Crippen molar-refractivity contribution in [1.29, 1.82) is 0 Å². The molecule has 2 unspecified atom stereocenters. The smallest absolute Gasteiger partial charge is 0.333 e. The first-order chi connectivity index (χ1) is 21.7. The van der Waals surface area contributed by atoms with Crippen molar-refractivity contribution in [1.82, 2.24) is 0 Å². The Balaban J connectivity index is 2.69. The zero-order valence-corrected chi connectivity index (χ0v) is 27.4. The minimum atomic E-state index is -1.06. The average molecular weight is 653 g/mol. The van der Waals surface area contributed by atoms with Crippen LogP contribution in [0, 0.1) is 5.92 Å². The summed E-state index contributed by atoms with van der Waals surface area (Å²) in [6.45, 7) is 17.0. The lowest BCUT2D eigenvalue weighted by Gasteiger charge is -2.39. The highest BCUT2D eigenvalue weighted by molar-refractivity contribution is 5.87. The van der Waals surface area contributed by atoms with E-state index in [1.54, 1.807) is 13.8 Å². The van der Waals surface area contributed by atoms with Crippen LogP contribution in [-0.4, -0.2) is 80.7 Å². The van der Waals surface area contributed by atoms with E-state index in [1.807, 2.05) is 0 Å². The second-order valence-corrected chi connectivity index (χ2v) is 11.2. The van der Waals surface area contributed by atoms with Gasteiger partial charge in [-0.15, -0.1) is 0 Å². The molecule has 1 fully saturated rings. The van der Waals surface area contributed by atoms with Crippen molar-refractivity contribution in [2.45, 2.75) is 104 Å². The highest BCUT2D eigenvalue weighted by Gasteiger charge is 2.44. The van der Waals surface area contributed by atoms with E-state index in [9.17, 15) is 28.8 Å². The maximum atomic E-state index is 12.7. The zero-order valence-electron chi connectivity index (χ0n) is 27.4. The second kappa shape index (κ2) is 21.7. The highest BCUT2D eigenvalue weighted by atomic mass is 16.7. The van der Waals surface area contributed by atoms with Gasteiger partial charge in [-0.05, 0) is 59.3 Å². The van der Waals surface area contributed by atoms with E-state index in [0.29, 0.717) is 38.5 Å². The largest absolute Gasteiger partial charge is 0.462 e. The molecule has 0 spiro atoms. The second-order valence-electron chi connectivity index (χ2n) is 11.2. The Hall–Kier alpha value is -4.00. The number of rotatable bonds is 21. The summed E-state index contributed by atoms with van der Waals surface area (Å²) in [5, 5.41) is 0. The fourth-order valence-electron chi connectivity index (χ4n) is 3.96. The molecule has 0 aromatic heterocycles. The summed E-state index contributed by atoms with van der Waals surface area (Å²) < 4.78 is 37.6. The standard InChI is InChI=1S/C33H48O13/c1-21(2)30(37)40-17-11-8-14-26(34)44-25-20-43-33(46-28(36)16-10-13-19-42-32(39)23(5)6)24(7)29(25)45-27(35)15-9-12-18-41-31(38)22(3)4/h24-25,29,33H,1,3,5,8-20H2,2,4,6-7H3/t24-,25-,29?,33?/m1/s1. The molecule has 13 heteroatoms. The summed E-state index contributed by atoms with van der Waals surface area (Å²) in [4.78, 5) is 72.3. The van der Waals surface area contributed by atoms with Crippen molar-refractivity contribution in [3.8, 4) is 0 Å². The molecule has 0 aromatic rings. The van der Waals surface area contributed by atoms with Crippen LogP contribution < -0.4 is 0 Å². The van der Waals surface area contributed by atoms with E-state index in [-0.39, 0.29) is 62.4 Å². The summed E-state index contributed by atoms with van der Waals surface area (Å²) in [6.07, 6.45) is -0.457. The summed E-state index contributed by atoms with van der Waals surface area (Å²) in [5.74, 6) is -3.89. The van der Waals surface area contributed by atoms with Crippen molar-refractivity contribution in [2.24, 2.45) is 5.92 Å². The Labute approximate surface area is 270 Å². The van der Waals surface area contributed by atoms with E-state index in [0.717, 1.165) is 0 Å². The van der Waals surface area contributed by atoms with Crippen molar-refractivity contribution in [3.63, 3.8) is 0 Å². The van der Waals surface area contributed by atoms with Gasteiger partial charge in [0.25, 0.3) is 0 Å². The maximum Gasteiger partial charge on any atom is 0.333 e. The van der Waals surface area contributed by atoms with Gasteiger partial charge in [-0.2, -0.15) is 0 Å². The number of unbranched alkanes of at least 4 members (excludes halogenated alkanes) is 3. The lowest BCUT2D eigenvalue weighted by Crippen LogP contribution is -2.53. The van der Waals surface area contributed by atoms with Gasteiger partial charge in [0, 0.05) is 36.0 Å². The molecule has 46 heavy (non-hydrogen) atoms. The summed E-state index contributed by atoms with van der Waals surface area (Å²) in [5.41, 5.74) is 0.843. The highest BCUT2D eigenvalue weighted by Crippen LogP contribution is 2.28. The molecule has 1 aliphatic rings. The van der Waals surface area contributed by atoms with E-state index in [4.69, 9.17) is 33.2 Å². The fourth-order valence-corrected chi connectivity index (χ4v) is 3.96. The van der Waals surface area contributed by atoms with Gasteiger partial charge in [0.05, 0.1) is 32.3 Å². The van der Waals surface area contributed by atoms with Crippen LogP contribution in [0.1, 0.15) is 85.5 Å². The van der Waals surface area contributed by atoms with Crippen LogP contribution in [0.15, 0.2) is 36.5 Å². The molecule has 1 aliphatic heterocycles. The minimum absolute atomic E-state index is 0.0126. The summed E-state index contributed by atoms with van der Waals surface area (Å²) in [6, 6.07) is 0. The molecule has 4 atom stereocenters. The normalized spacial score (nSPS) is 18.8. The molecule has 1 saturated heterocycles. The molecule has 0 saturated carbocycles. The van der Waals surface area contributed by atoms with Crippen molar-refractivity contribution in [2.75, 3.05) is 26.4 Å². The lowest BCUT2D eigenvalue weighted by molar-refractivity contribution is -0.252. The first-order valence-electron chi connectivity index (χ1n) is 15.4. The third kappa shape index (κ3) is 16.4. The predicted octanol–water partition coefficient (Wildman–Crippen LogP) is 4.21. The summed E-state index contributed by atoms with van der Waals surface area (Å²) in [7, 11) is 0. The van der Waals surface area contributed by atoms with Gasteiger partial charge in [0.15, 0.2) is 6.10 Å². The van der Waals surface area contributed by atoms with Crippen LogP contribution >= 0.6 is 0 Å². The number of hydrogen-bond acceptors (Lipinski definition) is 13. The topological polar surface area (TPSA) is 167 Å². The van der Waals surface area contributed by atoms with Crippen LogP contribution in [0.2, 0.25) is 0 Å². The number of esters is 6. The molecular formula is C33H48O13. The Morgan fingerprint density at radius 3 is 1.35 bits per heavy atom. The molecule has 1 rings (SSSR count). The van der Waals surface area contributed by atoms with Gasteiger partial charge in [0.2, 0.25) is 6.29 Å². The van der Waals surface area contributed by atoms with Crippen LogP contribution in [0.25, 0.3) is 0 Å². The zero-order chi connectivity index (χ0) is 34.6. The predicted molar refractivity (Wildman–Crippen MR) is 164 cm³/mol. The monoisotopic (exact) mass is 652 g/mol. The van der Waals surface area contributed by atoms with E-state index in [1.165, 1.54) is 13.8 Å². The minimum Gasteiger partial charge on any atom is -0.462 e.